The zero-order valence-corrected chi connectivity index (χ0v) is 10.7. The summed E-state index contributed by atoms with van der Waals surface area (Å²) in [5.41, 5.74) is 2.39. The van der Waals surface area contributed by atoms with Crippen LogP contribution in [0.2, 0.25) is 0 Å². The first-order chi connectivity index (χ1) is 9.16. The SMILES string of the molecule is C[C@H](NCc1ccccc1)c1ccc([N+](=O)[O-])cc1. The highest BCUT2D eigenvalue weighted by Crippen LogP contribution is 2.17. The highest BCUT2D eigenvalue weighted by Gasteiger charge is 2.08. The van der Waals surface area contributed by atoms with Gasteiger partial charge in [0, 0.05) is 24.7 Å². The molecule has 2 aromatic rings. The van der Waals surface area contributed by atoms with Gasteiger partial charge < -0.3 is 5.32 Å². The molecule has 0 unspecified atom stereocenters. The Kier molecular flexibility index (Phi) is 4.26. The summed E-state index contributed by atoms with van der Waals surface area (Å²) in [5.74, 6) is 0. The van der Waals surface area contributed by atoms with Crippen molar-refractivity contribution >= 4 is 5.69 Å². The first kappa shape index (κ1) is 13.2. The lowest BCUT2D eigenvalue weighted by molar-refractivity contribution is -0.384. The fourth-order valence-electron chi connectivity index (χ4n) is 1.87. The molecule has 19 heavy (non-hydrogen) atoms. The number of hydrogen-bond donors (Lipinski definition) is 1. The number of benzene rings is 2. The summed E-state index contributed by atoms with van der Waals surface area (Å²) in [5, 5.41) is 14.0. The molecule has 0 bridgehead atoms. The third-order valence-corrected chi connectivity index (χ3v) is 3.06. The van der Waals surface area contributed by atoms with E-state index in [0.29, 0.717) is 0 Å². The van der Waals surface area contributed by atoms with E-state index in [2.05, 4.69) is 17.4 Å². The molecular formula is C15H16N2O2. The summed E-state index contributed by atoms with van der Waals surface area (Å²) < 4.78 is 0. The number of nitro groups is 1. The second kappa shape index (κ2) is 6.11. The summed E-state index contributed by atoms with van der Waals surface area (Å²) in [6.45, 7) is 2.82. The second-order valence-corrected chi connectivity index (χ2v) is 4.44. The quantitative estimate of drug-likeness (QED) is 0.658. The normalized spacial score (nSPS) is 12.1. The predicted molar refractivity (Wildman–Crippen MR) is 74.8 cm³/mol. The van der Waals surface area contributed by atoms with Crippen LogP contribution in [0.4, 0.5) is 5.69 Å². The Morgan fingerprint density at radius 1 is 1.11 bits per heavy atom. The van der Waals surface area contributed by atoms with Crippen LogP contribution in [0.25, 0.3) is 0 Å². The number of hydrogen-bond acceptors (Lipinski definition) is 3. The summed E-state index contributed by atoms with van der Waals surface area (Å²) in [6, 6.07) is 16.9. The molecule has 4 nitrogen and oxygen atoms in total. The smallest absolute Gasteiger partial charge is 0.269 e. The lowest BCUT2D eigenvalue weighted by atomic mass is 10.1. The predicted octanol–water partition coefficient (Wildman–Crippen LogP) is 3.45. The van der Waals surface area contributed by atoms with Crippen molar-refractivity contribution in [1.82, 2.24) is 5.32 Å². The van der Waals surface area contributed by atoms with E-state index in [1.807, 2.05) is 25.1 Å². The van der Waals surface area contributed by atoms with Gasteiger partial charge in [-0.3, -0.25) is 10.1 Å². The van der Waals surface area contributed by atoms with Gasteiger partial charge in [0.25, 0.3) is 5.69 Å². The Balaban J connectivity index is 1.96. The van der Waals surface area contributed by atoms with Crippen LogP contribution in [0, 0.1) is 10.1 Å². The maximum Gasteiger partial charge on any atom is 0.269 e. The van der Waals surface area contributed by atoms with Crippen molar-refractivity contribution in [3.8, 4) is 0 Å². The van der Waals surface area contributed by atoms with Gasteiger partial charge >= 0.3 is 0 Å². The minimum Gasteiger partial charge on any atom is -0.306 e. The molecule has 0 amide bonds. The average Bonchev–Trinajstić information content (AvgIpc) is 2.46. The highest BCUT2D eigenvalue weighted by atomic mass is 16.6. The van der Waals surface area contributed by atoms with Crippen LogP contribution in [0.1, 0.15) is 24.1 Å². The van der Waals surface area contributed by atoms with Gasteiger partial charge in [0.05, 0.1) is 4.92 Å². The Labute approximate surface area is 112 Å². The van der Waals surface area contributed by atoms with Gasteiger partial charge in [0.2, 0.25) is 0 Å². The van der Waals surface area contributed by atoms with Crippen molar-refractivity contribution in [3.63, 3.8) is 0 Å². The van der Waals surface area contributed by atoms with Gasteiger partial charge in [0.1, 0.15) is 0 Å². The summed E-state index contributed by atoms with van der Waals surface area (Å²) in [4.78, 5) is 10.2. The van der Waals surface area contributed by atoms with Gasteiger partial charge in [-0.05, 0) is 18.1 Å². The standard InChI is InChI=1S/C15H16N2O2/c1-12(16-11-13-5-3-2-4-6-13)14-7-9-15(10-8-14)17(18)19/h2-10,12,16H,11H2,1H3/t12-/m0/s1. The summed E-state index contributed by atoms with van der Waals surface area (Å²) in [7, 11) is 0. The molecule has 0 saturated carbocycles. The highest BCUT2D eigenvalue weighted by molar-refractivity contribution is 5.34. The van der Waals surface area contributed by atoms with E-state index in [4.69, 9.17) is 0 Å². The van der Waals surface area contributed by atoms with Gasteiger partial charge in [-0.1, -0.05) is 42.5 Å². The second-order valence-electron chi connectivity index (χ2n) is 4.44. The van der Waals surface area contributed by atoms with Crippen LogP contribution >= 0.6 is 0 Å². The fourth-order valence-corrected chi connectivity index (χ4v) is 1.87. The Morgan fingerprint density at radius 2 is 1.74 bits per heavy atom. The molecule has 0 aromatic heterocycles. The minimum absolute atomic E-state index is 0.124. The molecule has 2 rings (SSSR count). The third kappa shape index (κ3) is 3.63. The molecule has 0 spiro atoms. The number of rotatable bonds is 5. The molecule has 1 atom stereocenters. The molecule has 4 heteroatoms. The molecule has 0 aliphatic carbocycles. The Bertz CT molecular complexity index is 538. The van der Waals surface area contributed by atoms with Crippen molar-refractivity contribution in [2.45, 2.75) is 19.5 Å². The van der Waals surface area contributed by atoms with Gasteiger partial charge in [0.15, 0.2) is 0 Å². The van der Waals surface area contributed by atoms with E-state index in [0.717, 1.165) is 12.1 Å². The van der Waals surface area contributed by atoms with Crippen LogP contribution in [0.5, 0.6) is 0 Å². The molecule has 2 aromatic carbocycles. The van der Waals surface area contributed by atoms with E-state index in [-0.39, 0.29) is 16.7 Å². The number of nitrogens with zero attached hydrogens (tertiary/aromatic N) is 1. The van der Waals surface area contributed by atoms with Crippen molar-refractivity contribution in [1.29, 1.82) is 0 Å². The number of non-ortho nitro benzene ring substituents is 1. The first-order valence-corrected chi connectivity index (χ1v) is 6.18. The lowest BCUT2D eigenvalue weighted by Crippen LogP contribution is -2.17. The molecular weight excluding hydrogens is 240 g/mol. The maximum atomic E-state index is 10.6. The van der Waals surface area contributed by atoms with Gasteiger partial charge in [-0.25, -0.2) is 0 Å². The van der Waals surface area contributed by atoms with E-state index >= 15 is 0 Å². The van der Waals surface area contributed by atoms with Crippen LogP contribution in [-0.4, -0.2) is 4.92 Å². The van der Waals surface area contributed by atoms with E-state index in [9.17, 15) is 10.1 Å². The molecule has 0 radical (unpaired) electrons. The molecule has 0 aliphatic rings. The first-order valence-electron chi connectivity index (χ1n) is 6.18. The monoisotopic (exact) mass is 256 g/mol. The van der Waals surface area contributed by atoms with Crippen molar-refractivity contribution in [2.75, 3.05) is 0 Å². The summed E-state index contributed by atoms with van der Waals surface area (Å²) in [6.07, 6.45) is 0. The zero-order valence-electron chi connectivity index (χ0n) is 10.7. The fraction of sp³-hybridized carbons (Fsp3) is 0.200. The van der Waals surface area contributed by atoms with Gasteiger partial charge in [-0.2, -0.15) is 0 Å². The van der Waals surface area contributed by atoms with Crippen molar-refractivity contribution in [2.24, 2.45) is 0 Å². The van der Waals surface area contributed by atoms with Gasteiger partial charge in [-0.15, -0.1) is 0 Å². The van der Waals surface area contributed by atoms with E-state index < -0.39 is 0 Å². The molecule has 0 heterocycles. The Hall–Kier alpha value is -2.20. The van der Waals surface area contributed by atoms with Crippen molar-refractivity contribution in [3.05, 3.63) is 75.8 Å². The minimum atomic E-state index is -0.383. The number of nitro benzene ring substituents is 1. The third-order valence-electron chi connectivity index (χ3n) is 3.06. The molecule has 0 fully saturated rings. The summed E-state index contributed by atoms with van der Waals surface area (Å²) >= 11 is 0. The molecule has 98 valence electrons. The lowest BCUT2D eigenvalue weighted by Gasteiger charge is -2.14. The molecule has 1 N–H and O–H groups in total. The largest absolute Gasteiger partial charge is 0.306 e. The van der Waals surface area contributed by atoms with Crippen LogP contribution in [0.3, 0.4) is 0 Å². The van der Waals surface area contributed by atoms with Crippen LogP contribution < -0.4 is 5.32 Å². The zero-order chi connectivity index (χ0) is 13.7. The van der Waals surface area contributed by atoms with E-state index in [1.165, 1.54) is 17.7 Å². The van der Waals surface area contributed by atoms with E-state index in [1.54, 1.807) is 12.1 Å². The topological polar surface area (TPSA) is 55.2 Å². The Morgan fingerprint density at radius 3 is 2.32 bits per heavy atom. The molecule has 0 aliphatic heterocycles. The van der Waals surface area contributed by atoms with Crippen LogP contribution in [0.15, 0.2) is 54.6 Å². The van der Waals surface area contributed by atoms with Crippen molar-refractivity contribution < 1.29 is 4.92 Å². The maximum absolute atomic E-state index is 10.6. The van der Waals surface area contributed by atoms with Crippen LogP contribution in [-0.2, 0) is 6.54 Å². The number of nitrogens with one attached hydrogen (secondary N) is 1. The average molecular weight is 256 g/mol. The molecule has 0 saturated heterocycles.